The number of aromatic nitrogens is 2. The van der Waals surface area contributed by atoms with E-state index >= 15 is 0 Å². The molecule has 3 N–H and O–H groups in total. The molecule has 0 aromatic carbocycles. The highest BCUT2D eigenvalue weighted by Crippen LogP contribution is 2.40. The summed E-state index contributed by atoms with van der Waals surface area (Å²) in [6.45, 7) is 6.01. The summed E-state index contributed by atoms with van der Waals surface area (Å²) in [5.74, 6) is -0.433. The maximum atomic E-state index is 15.0. The van der Waals surface area contributed by atoms with Crippen LogP contribution in [0.1, 0.15) is 33.9 Å². The van der Waals surface area contributed by atoms with E-state index in [0.717, 1.165) is 23.8 Å². The average molecular weight is 421 g/mol. The number of halogens is 1. The molecule has 1 aromatic heterocycles. The van der Waals surface area contributed by atoms with E-state index in [2.05, 4.69) is 5.09 Å². The van der Waals surface area contributed by atoms with Crippen LogP contribution in [0, 0.1) is 0 Å². The molecule has 1 saturated heterocycles. The number of nitrogens with zero attached hydrogens (tertiary/aromatic N) is 1. The van der Waals surface area contributed by atoms with E-state index in [-0.39, 0.29) is 21.7 Å². The van der Waals surface area contributed by atoms with Crippen LogP contribution in [-0.4, -0.2) is 57.3 Å². The van der Waals surface area contributed by atoms with Crippen LogP contribution in [0.5, 0.6) is 0 Å². The number of carbonyl (C=O) groups is 1. The Bertz CT molecular complexity index is 797. The lowest BCUT2D eigenvalue weighted by molar-refractivity contribution is -0.148. The first kappa shape index (κ1) is 22.6. The van der Waals surface area contributed by atoms with Crippen molar-refractivity contribution in [2.24, 2.45) is 0 Å². The van der Waals surface area contributed by atoms with Crippen molar-refractivity contribution >= 4 is 14.9 Å². The summed E-state index contributed by atoms with van der Waals surface area (Å²) in [5.41, 5.74) is -3.77. The number of hydrogen-bond acceptors (Lipinski definition) is 8. The molecular weight excluding hydrogens is 396 g/mol. The van der Waals surface area contributed by atoms with Crippen molar-refractivity contribution in [3.8, 4) is 0 Å². The van der Waals surface area contributed by atoms with Crippen molar-refractivity contribution in [2.75, 3.05) is 6.61 Å². The van der Waals surface area contributed by atoms with Gasteiger partial charge in [-0.1, -0.05) is 0 Å². The van der Waals surface area contributed by atoms with Gasteiger partial charge >= 0.3 is 11.7 Å². The smallest absolute Gasteiger partial charge is 0.330 e. The number of nitrogens with one attached hydrogen (secondary N) is 2. The highest BCUT2D eigenvalue weighted by atomic mass is 31.1. The molecule has 6 atom stereocenters. The summed E-state index contributed by atoms with van der Waals surface area (Å²) in [5, 5.41) is 13.0. The van der Waals surface area contributed by atoms with E-state index in [0.29, 0.717) is 0 Å². The minimum Gasteiger partial charge on any atom is -0.462 e. The van der Waals surface area contributed by atoms with Crippen LogP contribution in [0.15, 0.2) is 21.9 Å². The zero-order chi connectivity index (χ0) is 21.1. The molecule has 0 amide bonds. The Balaban J connectivity index is 1.92. The van der Waals surface area contributed by atoms with Crippen molar-refractivity contribution in [1.29, 1.82) is 0 Å². The number of carbonyl (C=O) groups excluding carboxylic acids is 1. The molecule has 2 rings (SSSR count). The first-order chi connectivity index (χ1) is 13.0. The summed E-state index contributed by atoms with van der Waals surface area (Å²) in [6, 6.07) is 0.453. The Morgan fingerprint density at radius 3 is 2.79 bits per heavy atom. The minimum atomic E-state index is -2.29. The fourth-order valence-electron chi connectivity index (χ4n) is 2.61. The van der Waals surface area contributed by atoms with Gasteiger partial charge in [0.25, 0.3) is 5.56 Å². The maximum Gasteiger partial charge on any atom is 0.330 e. The van der Waals surface area contributed by atoms with Crippen LogP contribution in [0.4, 0.5) is 4.39 Å². The predicted molar refractivity (Wildman–Crippen MR) is 98.8 cm³/mol. The van der Waals surface area contributed by atoms with Crippen molar-refractivity contribution in [1.82, 2.24) is 14.6 Å². The predicted octanol–water partition coefficient (Wildman–Crippen LogP) is -0.0221. The van der Waals surface area contributed by atoms with Crippen LogP contribution in [0.3, 0.4) is 0 Å². The molecule has 0 radical (unpaired) electrons. The molecule has 1 aliphatic rings. The highest BCUT2D eigenvalue weighted by molar-refractivity contribution is 7.29. The van der Waals surface area contributed by atoms with E-state index < -0.39 is 47.4 Å². The van der Waals surface area contributed by atoms with Gasteiger partial charge < -0.3 is 19.1 Å². The van der Waals surface area contributed by atoms with Crippen LogP contribution in [0.25, 0.3) is 0 Å². The summed E-state index contributed by atoms with van der Waals surface area (Å²) >= 11 is 0. The van der Waals surface area contributed by atoms with Gasteiger partial charge in [-0.3, -0.25) is 24.2 Å². The monoisotopic (exact) mass is 421 g/mol. The summed E-state index contributed by atoms with van der Waals surface area (Å²) in [4.78, 5) is 36.8. The number of aliphatic hydroxyl groups is 1. The second-order valence-corrected chi connectivity index (χ2v) is 7.69. The Kier molecular flexibility index (Phi) is 7.46. The zero-order valence-electron chi connectivity index (χ0n) is 16.0. The van der Waals surface area contributed by atoms with Crippen LogP contribution >= 0.6 is 8.96 Å². The summed E-state index contributed by atoms with van der Waals surface area (Å²) in [6.07, 6.45) is -3.18. The molecule has 2 unspecified atom stereocenters. The third kappa shape index (κ3) is 5.24. The van der Waals surface area contributed by atoms with E-state index in [1.54, 1.807) is 20.8 Å². The number of H-pyrrole nitrogens is 1. The molecule has 12 heteroatoms. The van der Waals surface area contributed by atoms with Crippen LogP contribution < -0.4 is 16.3 Å². The molecule has 0 aliphatic carbocycles. The average Bonchev–Trinajstić information content (AvgIpc) is 2.81. The fraction of sp³-hybridized carbons (Fsp3) is 0.688. The van der Waals surface area contributed by atoms with Crippen LogP contribution in [-0.2, 0) is 18.8 Å². The molecule has 0 bridgehead atoms. The SMILES string of the molecule is CC(C)OC(=O)[C@H](C)NPOC[C@H]1O[C@@H](n2ccc(=O)[nH]c2=O)C(C)(F)[C@@H]1O. The first-order valence-electron chi connectivity index (χ1n) is 8.70. The van der Waals surface area contributed by atoms with Crippen molar-refractivity contribution < 1.29 is 28.3 Å². The molecule has 28 heavy (non-hydrogen) atoms. The number of esters is 1. The number of ether oxygens (including phenoxy) is 2. The first-order valence-corrected chi connectivity index (χ1v) is 9.61. The summed E-state index contributed by atoms with van der Waals surface area (Å²) < 4.78 is 31.7. The largest absolute Gasteiger partial charge is 0.462 e. The Morgan fingerprint density at radius 1 is 1.50 bits per heavy atom. The van der Waals surface area contributed by atoms with Gasteiger partial charge in [0.1, 0.15) is 18.2 Å². The molecule has 10 nitrogen and oxygen atoms in total. The molecule has 1 fully saturated rings. The molecule has 1 aromatic rings. The Hall–Kier alpha value is -1.65. The van der Waals surface area contributed by atoms with E-state index in [1.807, 2.05) is 4.98 Å². The number of aromatic amines is 1. The Morgan fingerprint density at radius 2 is 2.18 bits per heavy atom. The normalized spacial score (nSPS) is 28.9. The van der Waals surface area contributed by atoms with Gasteiger partial charge in [0.15, 0.2) is 11.9 Å². The highest BCUT2D eigenvalue weighted by Gasteiger charge is 2.55. The van der Waals surface area contributed by atoms with Gasteiger partial charge in [0.05, 0.1) is 21.7 Å². The van der Waals surface area contributed by atoms with Crippen molar-refractivity contribution in [2.45, 2.75) is 63.9 Å². The number of rotatable bonds is 8. The summed E-state index contributed by atoms with van der Waals surface area (Å²) in [7, 11) is -0.326. The van der Waals surface area contributed by atoms with Crippen molar-refractivity contribution in [3.63, 3.8) is 0 Å². The lowest BCUT2D eigenvalue weighted by atomic mass is 9.98. The van der Waals surface area contributed by atoms with E-state index in [4.69, 9.17) is 14.0 Å². The number of alkyl halides is 1. The zero-order valence-corrected chi connectivity index (χ0v) is 17.0. The van der Waals surface area contributed by atoms with Gasteiger partial charge in [0.2, 0.25) is 0 Å². The van der Waals surface area contributed by atoms with Gasteiger partial charge in [-0.2, -0.15) is 0 Å². The molecular formula is C16H25FN3O7P. The topological polar surface area (TPSA) is 132 Å². The molecule has 0 saturated carbocycles. The molecule has 2 heterocycles. The molecule has 158 valence electrons. The van der Waals surface area contributed by atoms with E-state index in [1.165, 1.54) is 0 Å². The van der Waals surface area contributed by atoms with E-state index in [9.17, 15) is 23.9 Å². The van der Waals surface area contributed by atoms with Gasteiger partial charge in [-0.25, -0.2) is 9.18 Å². The Labute approximate surface area is 162 Å². The standard InChI is InChI=1S/C16H25FN3O7P/c1-8(2)26-13(23)9(3)19-28-25-7-10-12(22)16(4,17)14(27-10)20-6-5-11(21)18-15(20)24/h5-6,8-10,12,14,19,22,28H,7H2,1-4H3,(H,18,21,24)/t9-,10+,12+,14+,16?/m0/s1. The lowest BCUT2D eigenvalue weighted by Crippen LogP contribution is -2.43. The lowest BCUT2D eigenvalue weighted by Gasteiger charge is -2.24. The number of hydrogen-bond donors (Lipinski definition) is 3. The number of aliphatic hydroxyl groups excluding tert-OH is 1. The quantitative estimate of drug-likeness (QED) is 0.303. The van der Waals surface area contributed by atoms with Gasteiger partial charge in [-0.15, -0.1) is 0 Å². The molecule has 1 aliphatic heterocycles. The third-order valence-corrected chi connectivity index (χ3v) is 4.98. The molecule has 0 spiro atoms. The second kappa shape index (κ2) is 9.23. The van der Waals surface area contributed by atoms with Gasteiger partial charge in [0, 0.05) is 12.3 Å². The maximum absolute atomic E-state index is 15.0. The van der Waals surface area contributed by atoms with Crippen LogP contribution in [0.2, 0.25) is 0 Å². The fourth-order valence-corrected chi connectivity index (χ4v) is 3.24. The van der Waals surface area contributed by atoms with Crippen molar-refractivity contribution in [3.05, 3.63) is 33.1 Å². The third-order valence-electron chi connectivity index (χ3n) is 4.12. The second-order valence-electron chi connectivity index (χ2n) is 6.91. The minimum absolute atomic E-state index is 0.174. The van der Waals surface area contributed by atoms with Gasteiger partial charge in [-0.05, 0) is 27.7 Å².